The Kier molecular flexibility index (Phi) is 5.48. The van der Waals surface area contributed by atoms with Crippen LogP contribution in [0.4, 0.5) is 5.69 Å². The number of nitrogens with one attached hydrogen (secondary N) is 1. The molecular formula is C18H15ClN2O5S. The highest BCUT2D eigenvalue weighted by Gasteiger charge is 2.16. The van der Waals surface area contributed by atoms with Crippen LogP contribution >= 0.6 is 11.6 Å². The van der Waals surface area contributed by atoms with Crippen LogP contribution in [-0.2, 0) is 21.4 Å². The lowest BCUT2D eigenvalue weighted by Crippen LogP contribution is -2.14. The molecule has 1 N–H and O–H groups in total. The van der Waals surface area contributed by atoms with Crippen LogP contribution in [0.25, 0.3) is 11.3 Å². The molecule has 0 aliphatic carbocycles. The summed E-state index contributed by atoms with van der Waals surface area (Å²) in [7, 11) is -3.53. The quantitative estimate of drug-likeness (QED) is 0.626. The van der Waals surface area contributed by atoms with Gasteiger partial charge in [0.2, 0.25) is 10.0 Å². The van der Waals surface area contributed by atoms with E-state index in [0.29, 0.717) is 16.5 Å². The molecule has 0 fully saturated rings. The van der Waals surface area contributed by atoms with Gasteiger partial charge in [-0.3, -0.25) is 4.72 Å². The van der Waals surface area contributed by atoms with Crippen molar-refractivity contribution in [3.63, 3.8) is 0 Å². The Morgan fingerprint density at radius 3 is 2.59 bits per heavy atom. The molecule has 0 amide bonds. The van der Waals surface area contributed by atoms with E-state index in [2.05, 4.69) is 9.88 Å². The Balaban J connectivity index is 1.69. The van der Waals surface area contributed by atoms with Crippen molar-refractivity contribution in [1.82, 2.24) is 5.16 Å². The van der Waals surface area contributed by atoms with E-state index >= 15 is 0 Å². The number of sulfonamides is 1. The molecule has 0 saturated carbocycles. The fourth-order valence-corrected chi connectivity index (χ4v) is 3.01. The van der Waals surface area contributed by atoms with Crippen molar-refractivity contribution < 1.29 is 22.5 Å². The molecule has 0 radical (unpaired) electrons. The molecule has 1 aromatic heterocycles. The number of nitrogens with zero attached hydrogens (tertiary/aromatic N) is 1. The molecule has 0 aliphatic rings. The number of esters is 1. The van der Waals surface area contributed by atoms with Crippen LogP contribution in [0.3, 0.4) is 0 Å². The fourth-order valence-electron chi connectivity index (χ4n) is 2.30. The number of aromatic nitrogens is 1. The Labute approximate surface area is 160 Å². The molecule has 9 heteroatoms. The molecule has 7 nitrogen and oxygen atoms in total. The van der Waals surface area contributed by atoms with E-state index in [1.54, 1.807) is 42.5 Å². The van der Waals surface area contributed by atoms with Gasteiger partial charge >= 0.3 is 5.97 Å². The van der Waals surface area contributed by atoms with Crippen molar-refractivity contribution in [1.29, 1.82) is 0 Å². The van der Waals surface area contributed by atoms with Gasteiger partial charge in [0.15, 0.2) is 12.4 Å². The minimum absolute atomic E-state index is 0.0976. The predicted molar refractivity (Wildman–Crippen MR) is 101 cm³/mol. The first kappa shape index (κ1) is 18.9. The smallest absolute Gasteiger partial charge is 0.340 e. The minimum Gasteiger partial charge on any atom is -0.454 e. The van der Waals surface area contributed by atoms with Gasteiger partial charge in [0.1, 0.15) is 5.69 Å². The number of anilines is 1. The Bertz CT molecular complexity index is 1060. The lowest BCUT2D eigenvalue weighted by Gasteiger charge is -2.09. The lowest BCUT2D eigenvalue weighted by molar-refractivity contribution is 0.0438. The number of para-hydroxylation sites is 1. The van der Waals surface area contributed by atoms with Gasteiger partial charge in [0.25, 0.3) is 0 Å². The number of rotatable bonds is 6. The second-order valence-corrected chi connectivity index (χ2v) is 7.87. The standard InChI is InChI=1S/C18H15ClN2O5S/c1-27(23,24)21-16-5-3-2-4-15(16)18(22)25-11-14-10-17(20-26-14)12-6-8-13(19)9-7-12/h2-10,21H,11H2,1H3. The number of carbonyl (C=O) groups excluding carboxylic acids is 1. The van der Waals surface area contributed by atoms with E-state index in [1.165, 1.54) is 12.1 Å². The van der Waals surface area contributed by atoms with Crippen LogP contribution in [0, 0.1) is 0 Å². The maximum atomic E-state index is 12.3. The van der Waals surface area contributed by atoms with E-state index < -0.39 is 16.0 Å². The Morgan fingerprint density at radius 2 is 1.89 bits per heavy atom. The highest BCUT2D eigenvalue weighted by atomic mass is 35.5. The van der Waals surface area contributed by atoms with Crippen LogP contribution in [0.2, 0.25) is 5.02 Å². The first-order chi connectivity index (χ1) is 12.8. The van der Waals surface area contributed by atoms with E-state index in [-0.39, 0.29) is 17.9 Å². The number of halogens is 1. The topological polar surface area (TPSA) is 98.5 Å². The van der Waals surface area contributed by atoms with Crippen molar-refractivity contribution in [3.05, 3.63) is 70.9 Å². The summed E-state index contributed by atoms with van der Waals surface area (Å²) in [4.78, 5) is 12.3. The molecule has 0 atom stereocenters. The number of benzene rings is 2. The first-order valence-corrected chi connectivity index (χ1v) is 10.0. The second-order valence-electron chi connectivity index (χ2n) is 5.68. The fraction of sp³-hybridized carbons (Fsp3) is 0.111. The Hall–Kier alpha value is -2.84. The maximum absolute atomic E-state index is 12.3. The molecule has 1 heterocycles. The minimum atomic E-state index is -3.53. The van der Waals surface area contributed by atoms with Gasteiger partial charge in [0.05, 0.1) is 17.5 Å². The summed E-state index contributed by atoms with van der Waals surface area (Å²) in [5.41, 5.74) is 1.63. The summed E-state index contributed by atoms with van der Waals surface area (Å²) in [5, 5.41) is 4.54. The highest BCUT2D eigenvalue weighted by molar-refractivity contribution is 7.92. The number of ether oxygens (including phenoxy) is 1. The normalized spacial score (nSPS) is 11.2. The maximum Gasteiger partial charge on any atom is 0.340 e. The molecule has 0 bridgehead atoms. The molecule has 27 heavy (non-hydrogen) atoms. The summed E-state index contributed by atoms with van der Waals surface area (Å²) in [6, 6.07) is 14.9. The first-order valence-electron chi connectivity index (χ1n) is 7.77. The number of carbonyl (C=O) groups is 1. The van der Waals surface area contributed by atoms with Gasteiger partial charge in [-0.1, -0.05) is 41.0 Å². The van der Waals surface area contributed by atoms with Crippen LogP contribution in [0.1, 0.15) is 16.1 Å². The van der Waals surface area contributed by atoms with Gasteiger partial charge in [-0.2, -0.15) is 0 Å². The number of hydrogen-bond acceptors (Lipinski definition) is 6. The zero-order valence-corrected chi connectivity index (χ0v) is 15.8. The van der Waals surface area contributed by atoms with Crippen molar-refractivity contribution in [2.24, 2.45) is 0 Å². The van der Waals surface area contributed by atoms with Crippen LogP contribution in [0.15, 0.2) is 59.1 Å². The molecule has 0 aliphatic heterocycles. The van der Waals surface area contributed by atoms with Gasteiger partial charge in [-0.05, 0) is 24.3 Å². The third kappa shape index (κ3) is 5.08. The molecule has 2 aromatic carbocycles. The average Bonchev–Trinajstić information content (AvgIpc) is 3.08. The van der Waals surface area contributed by atoms with Crippen LogP contribution < -0.4 is 4.72 Å². The largest absolute Gasteiger partial charge is 0.454 e. The van der Waals surface area contributed by atoms with Crippen LogP contribution in [0.5, 0.6) is 0 Å². The van der Waals surface area contributed by atoms with Crippen LogP contribution in [-0.4, -0.2) is 25.8 Å². The highest BCUT2D eigenvalue weighted by Crippen LogP contribution is 2.22. The number of hydrogen-bond donors (Lipinski definition) is 1. The third-order valence-electron chi connectivity index (χ3n) is 3.49. The van der Waals surface area contributed by atoms with Gasteiger partial charge < -0.3 is 9.26 Å². The molecule has 3 aromatic rings. The monoisotopic (exact) mass is 406 g/mol. The van der Waals surface area contributed by atoms with Crippen molar-refractivity contribution in [2.45, 2.75) is 6.61 Å². The SMILES string of the molecule is CS(=O)(=O)Nc1ccccc1C(=O)OCc1cc(-c2ccc(Cl)cc2)no1. The summed E-state index contributed by atoms with van der Waals surface area (Å²) < 4.78 is 35.5. The van der Waals surface area contributed by atoms with Gasteiger partial charge in [-0.15, -0.1) is 0 Å². The molecule has 140 valence electrons. The zero-order chi connectivity index (χ0) is 19.4. The van der Waals surface area contributed by atoms with Crippen molar-refractivity contribution in [3.8, 4) is 11.3 Å². The average molecular weight is 407 g/mol. The summed E-state index contributed by atoms with van der Waals surface area (Å²) in [5.74, 6) is -0.340. The third-order valence-corrected chi connectivity index (χ3v) is 4.33. The van der Waals surface area contributed by atoms with Crippen molar-refractivity contribution >= 4 is 33.3 Å². The molecule has 0 saturated heterocycles. The van der Waals surface area contributed by atoms with E-state index in [4.69, 9.17) is 20.9 Å². The van der Waals surface area contributed by atoms with Gasteiger partial charge in [-0.25, -0.2) is 13.2 Å². The molecule has 0 spiro atoms. The zero-order valence-electron chi connectivity index (χ0n) is 14.2. The summed E-state index contributed by atoms with van der Waals surface area (Å²) >= 11 is 5.86. The molecule has 0 unspecified atom stereocenters. The Morgan fingerprint density at radius 1 is 1.19 bits per heavy atom. The predicted octanol–water partition coefficient (Wildman–Crippen LogP) is 3.72. The summed E-state index contributed by atoms with van der Waals surface area (Å²) in [6.07, 6.45) is 1.00. The second kappa shape index (κ2) is 7.81. The van der Waals surface area contributed by atoms with E-state index in [0.717, 1.165) is 11.8 Å². The molecular weight excluding hydrogens is 392 g/mol. The van der Waals surface area contributed by atoms with Crippen molar-refractivity contribution in [2.75, 3.05) is 11.0 Å². The summed E-state index contributed by atoms with van der Waals surface area (Å²) in [6.45, 7) is -0.146. The molecule has 3 rings (SSSR count). The van der Waals surface area contributed by atoms with E-state index in [1.807, 2.05) is 0 Å². The lowest BCUT2D eigenvalue weighted by atomic mass is 10.1. The van der Waals surface area contributed by atoms with E-state index in [9.17, 15) is 13.2 Å². The van der Waals surface area contributed by atoms with Gasteiger partial charge in [0, 0.05) is 16.7 Å².